The number of hydrogen-bond donors (Lipinski definition) is 4. The quantitative estimate of drug-likeness (QED) is 0.243. The molecule has 3 aromatic rings. The number of amides is 2. The van der Waals surface area contributed by atoms with E-state index in [0.29, 0.717) is 46.4 Å². The van der Waals surface area contributed by atoms with Crippen molar-refractivity contribution >= 4 is 29.3 Å². The molecule has 0 radical (unpaired) electrons. The summed E-state index contributed by atoms with van der Waals surface area (Å²) in [6.07, 6.45) is 1.83. The number of aryl methyl sites for hydroxylation is 1. The van der Waals surface area contributed by atoms with Gasteiger partial charge in [-0.1, -0.05) is 36.7 Å². The summed E-state index contributed by atoms with van der Waals surface area (Å²) in [6, 6.07) is 10.1. The Bertz CT molecular complexity index is 1390. The molecule has 0 unspecified atom stereocenters. The Morgan fingerprint density at radius 2 is 1.87 bits per heavy atom. The molecule has 1 aromatic heterocycles. The Morgan fingerprint density at radius 1 is 1.13 bits per heavy atom. The van der Waals surface area contributed by atoms with E-state index >= 15 is 0 Å². The van der Waals surface area contributed by atoms with Crippen LogP contribution in [0.2, 0.25) is 5.02 Å². The number of aromatic nitrogens is 1. The van der Waals surface area contributed by atoms with Crippen LogP contribution >= 0.6 is 11.6 Å². The molecular weight excluding hydrogens is 526 g/mol. The summed E-state index contributed by atoms with van der Waals surface area (Å²) in [4.78, 5) is 37.8. The highest BCUT2D eigenvalue weighted by Crippen LogP contribution is 2.29. The van der Waals surface area contributed by atoms with Crippen molar-refractivity contribution in [3.63, 3.8) is 0 Å². The highest BCUT2D eigenvalue weighted by Gasteiger charge is 2.22. The monoisotopic (exact) mass is 557 g/mol. The predicted molar refractivity (Wildman–Crippen MR) is 148 cm³/mol. The van der Waals surface area contributed by atoms with E-state index < -0.39 is 35.8 Å². The maximum Gasteiger partial charge on any atom is 0.319 e. The van der Waals surface area contributed by atoms with Crippen LogP contribution in [0.3, 0.4) is 0 Å². The van der Waals surface area contributed by atoms with Crippen LogP contribution in [0.15, 0.2) is 53.5 Å². The molecule has 0 saturated heterocycles. The van der Waals surface area contributed by atoms with Gasteiger partial charge in [-0.2, -0.15) is 0 Å². The normalized spacial score (nSPS) is 11.5. The van der Waals surface area contributed by atoms with Crippen LogP contribution in [0.1, 0.15) is 49.4 Å². The number of carboxylic acid groups (broad SMARTS) is 1. The third-order valence-electron chi connectivity index (χ3n) is 5.79. The van der Waals surface area contributed by atoms with Crippen LogP contribution in [-0.4, -0.2) is 40.0 Å². The minimum atomic E-state index is -1.13. The molecule has 208 valence electrons. The highest BCUT2D eigenvalue weighted by molar-refractivity contribution is 6.31. The minimum Gasteiger partial charge on any atom is -0.505 e. The fourth-order valence-corrected chi connectivity index (χ4v) is 4.18. The van der Waals surface area contributed by atoms with E-state index in [2.05, 4.69) is 10.6 Å². The number of benzene rings is 2. The molecule has 1 atom stereocenters. The van der Waals surface area contributed by atoms with Gasteiger partial charge in [-0.3, -0.25) is 9.59 Å². The molecule has 0 aliphatic rings. The van der Waals surface area contributed by atoms with Crippen LogP contribution in [0, 0.1) is 6.92 Å². The molecule has 0 spiro atoms. The van der Waals surface area contributed by atoms with Gasteiger partial charge in [0.2, 0.25) is 0 Å². The van der Waals surface area contributed by atoms with Crippen molar-refractivity contribution in [3.05, 3.63) is 80.7 Å². The lowest BCUT2D eigenvalue weighted by atomic mass is 10.0. The lowest BCUT2D eigenvalue weighted by molar-refractivity contribution is -0.137. The summed E-state index contributed by atoms with van der Waals surface area (Å²) in [7, 11) is 0. The second-order valence-electron chi connectivity index (χ2n) is 8.79. The van der Waals surface area contributed by atoms with Crippen LogP contribution in [0.4, 0.5) is 10.5 Å². The zero-order chi connectivity index (χ0) is 28.5. The number of pyridine rings is 1. The maximum absolute atomic E-state index is 13.3. The number of halogens is 1. The largest absolute Gasteiger partial charge is 0.505 e. The molecule has 0 fully saturated rings. The Kier molecular flexibility index (Phi) is 10.2. The summed E-state index contributed by atoms with van der Waals surface area (Å²) >= 11 is 6.38. The van der Waals surface area contributed by atoms with Gasteiger partial charge < -0.3 is 34.9 Å². The van der Waals surface area contributed by atoms with Crippen molar-refractivity contribution in [2.45, 2.75) is 46.2 Å². The molecular formula is C28H32ClN3O7. The molecule has 2 amide bonds. The number of nitrogens with one attached hydrogen (secondary N) is 2. The van der Waals surface area contributed by atoms with Gasteiger partial charge in [0.05, 0.1) is 32.2 Å². The molecule has 4 N–H and O–H groups in total. The first kappa shape index (κ1) is 29.4. The topological polar surface area (TPSA) is 139 Å². The van der Waals surface area contributed by atoms with Crippen molar-refractivity contribution < 1.29 is 29.3 Å². The number of carbonyl (C=O) groups excluding carboxylic acids is 1. The smallest absolute Gasteiger partial charge is 0.319 e. The summed E-state index contributed by atoms with van der Waals surface area (Å²) in [5.41, 5.74) is 0.370. The average molecular weight is 558 g/mol. The first-order chi connectivity index (χ1) is 18.6. The second kappa shape index (κ2) is 13.6. The maximum atomic E-state index is 13.3. The van der Waals surface area contributed by atoms with Gasteiger partial charge in [0.15, 0.2) is 5.69 Å². The van der Waals surface area contributed by atoms with E-state index in [1.54, 1.807) is 49.4 Å². The Labute approximate surface area is 231 Å². The number of carbonyl (C=O) groups is 2. The van der Waals surface area contributed by atoms with E-state index in [4.69, 9.17) is 21.1 Å². The molecule has 3 rings (SSSR count). The van der Waals surface area contributed by atoms with Crippen LogP contribution < -0.4 is 25.7 Å². The standard InChI is InChI=1S/C28H32ClN3O7/c1-4-12-39-19-9-6-8-18(13-19)22(14-24(33)34)30-28(37)31-25-26(35)17(3)15-32(27(25)36)16-20-21(29)10-7-11-23(20)38-5-2/h6-11,13,15,22,35H,4-5,12,14,16H2,1-3H3,(H,33,34)(H2,30,31,37)/t22-/m0/s1. The first-order valence-electron chi connectivity index (χ1n) is 12.5. The third kappa shape index (κ3) is 7.67. The van der Waals surface area contributed by atoms with Crippen LogP contribution in [0.25, 0.3) is 0 Å². The lowest BCUT2D eigenvalue weighted by Crippen LogP contribution is -2.36. The van der Waals surface area contributed by atoms with Gasteiger partial charge in [-0.05, 0) is 50.1 Å². The van der Waals surface area contributed by atoms with E-state index in [-0.39, 0.29) is 12.2 Å². The Hall–Kier alpha value is -4.18. The van der Waals surface area contributed by atoms with E-state index in [0.717, 1.165) is 6.42 Å². The zero-order valence-corrected chi connectivity index (χ0v) is 22.7. The van der Waals surface area contributed by atoms with Crippen molar-refractivity contribution in [3.8, 4) is 17.2 Å². The molecule has 0 aliphatic heterocycles. The van der Waals surface area contributed by atoms with E-state index in [9.17, 15) is 24.6 Å². The molecule has 0 saturated carbocycles. The second-order valence-corrected chi connectivity index (χ2v) is 9.20. The van der Waals surface area contributed by atoms with E-state index in [1.165, 1.54) is 10.8 Å². The molecule has 1 heterocycles. The number of ether oxygens (including phenoxy) is 2. The summed E-state index contributed by atoms with van der Waals surface area (Å²) < 4.78 is 12.6. The van der Waals surface area contributed by atoms with Gasteiger partial charge in [0.1, 0.15) is 17.2 Å². The molecule has 0 bridgehead atoms. The highest BCUT2D eigenvalue weighted by atomic mass is 35.5. The van der Waals surface area contributed by atoms with Crippen molar-refractivity contribution in [2.24, 2.45) is 0 Å². The molecule has 39 heavy (non-hydrogen) atoms. The molecule has 11 heteroatoms. The zero-order valence-electron chi connectivity index (χ0n) is 22.0. The number of aromatic hydroxyl groups is 1. The number of anilines is 1. The van der Waals surface area contributed by atoms with Gasteiger partial charge in [-0.15, -0.1) is 0 Å². The molecule has 10 nitrogen and oxygen atoms in total. The van der Waals surface area contributed by atoms with Gasteiger partial charge in [-0.25, -0.2) is 4.79 Å². The van der Waals surface area contributed by atoms with Gasteiger partial charge in [0.25, 0.3) is 5.56 Å². The number of urea groups is 1. The number of aliphatic carboxylic acids is 1. The number of rotatable bonds is 12. The summed E-state index contributed by atoms with van der Waals surface area (Å²) in [5, 5.41) is 25.4. The number of nitrogens with zero attached hydrogens (tertiary/aromatic N) is 1. The van der Waals surface area contributed by atoms with Gasteiger partial charge in [0, 0.05) is 22.3 Å². The lowest BCUT2D eigenvalue weighted by Gasteiger charge is -2.20. The SMILES string of the molecule is CCCOc1cccc([C@H](CC(=O)O)NC(=O)Nc2c(O)c(C)cn(Cc3c(Cl)cccc3OCC)c2=O)c1. The van der Waals surface area contributed by atoms with Crippen LogP contribution in [-0.2, 0) is 11.3 Å². The fraction of sp³-hybridized carbons (Fsp3) is 0.321. The Morgan fingerprint density at radius 3 is 2.56 bits per heavy atom. The average Bonchev–Trinajstić information content (AvgIpc) is 2.90. The predicted octanol–water partition coefficient (Wildman–Crippen LogP) is 5.09. The van der Waals surface area contributed by atoms with Crippen LogP contribution in [0.5, 0.6) is 17.2 Å². The van der Waals surface area contributed by atoms with Crippen molar-refractivity contribution in [1.82, 2.24) is 9.88 Å². The number of hydrogen-bond acceptors (Lipinski definition) is 6. The summed E-state index contributed by atoms with van der Waals surface area (Å²) in [5.74, 6) is -0.486. The molecule has 2 aromatic carbocycles. The first-order valence-corrected chi connectivity index (χ1v) is 12.9. The summed E-state index contributed by atoms with van der Waals surface area (Å²) in [6.45, 7) is 6.28. The number of carboxylic acids is 1. The van der Waals surface area contributed by atoms with E-state index in [1.807, 2.05) is 13.8 Å². The minimum absolute atomic E-state index is 0.0252. The van der Waals surface area contributed by atoms with Gasteiger partial charge >= 0.3 is 12.0 Å². The van der Waals surface area contributed by atoms with Crippen molar-refractivity contribution in [2.75, 3.05) is 18.5 Å². The molecule has 0 aliphatic carbocycles. The fourth-order valence-electron chi connectivity index (χ4n) is 3.95. The van der Waals surface area contributed by atoms with Crippen molar-refractivity contribution in [1.29, 1.82) is 0 Å². The third-order valence-corrected chi connectivity index (χ3v) is 6.15. The Balaban J connectivity index is 1.88.